The van der Waals surface area contributed by atoms with Crippen LogP contribution in [0.3, 0.4) is 0 Å². The van der Waals surface area contributed by atoms with Gasteiger partial charge in [0, 0.05) is 38.1 Å². The van der Waals surface area contributed by atoms with Crippen LogP contribution in [-0.4, -0.2) is 72.5 Å². The number of hydrogen-bond acceptors (Lipinski definition) is 4. The standard InChI is InChI=1S/C8H16N2O.C4H8O/c1-9-4-8(5-9)6-10(7-8)2-3-11;5-4-2-1-3-4/h11H,2-7H2,1H3;4-5H,1-3H2. The highest BCUT2D eigenvalue weighted by molar-refractivity contribution is 5.04. The molecule has 4 heteroatoms. The fourth-order valence-corrected chi connectivity index (χ4v) is 2.89. The van der Waals surface area contributed by atoms with Crippen LogP contribution in [0.2, 0.25) is 0 Å². The number of aliphatic hydroxyl groups is 2. The molecule has 0 unspecified atom stereocenters. The number of hydrogen-bond donors (Lipinski definition) is 2. The molecule has 94 valence electrons. The van der Waals surface area contributed by atoms with Crippen molar-refractivity contribution < 1.29 is 10.2 Å². The molecule has 0 radical (unpaired) electrons. The summed E-state index contributed by atoms with van der Waals surface area (Å²) in [6, 6.07) is 0. The summed E-state index contributed by atoms with van der Waals surface area (Å²) in [5.41, 5.74) is 0.629. The van der Waals surface area contributed by atoms with Gasteiger partial charge >= 0.3 is 0 Å². The Balaban J connectivity index is 0.000000162. The van der Waals surface area contributed by atoms with Crippen LogP contribution < -0.4 is 0 Å². The maximum atomic E-state index is 8.66. The van der Waals surface area contributed by atoms with Crippen LogP contribution >= 0.6 is 0 Å². The topological polar surface area (TPSA) is 46.9 Å². The van der Waals surface area contributed by atoms with Crippen molar-refractivity contribution in [3.63, 3.8) is 0 Å². The normalized spacial score (nSPS) is 28.7. The van der Waals surface area contributed by atoms with Crippen molar-refractivity contribution in [3.8, 4) is 0 Å². The third kappa shape index (κ3) is 2.74. The fourth-order valence-electron chi connectivity index (χ4n) is 2.89. The monoisotopic (exact) mass is 228 g/mol. The van der Waals surface area contributed by atoms with Crippen molar-refractivity contribution in [2.45, 2.75) is 25.4 Å². The number of likely N-dealkylation sites (tertiary alicyclic amines) is 2. The van der Waals surface area contributed by atoms with E-state index < -0.39 is 0 Å². The number of aliphatic hydroxyl groups excluding tert-OH is 2. The summed E-state index contributed by atoms with van der Waals surface area (Å²) in [5, 5.41) is 17.1. The molecular weight excluding hydrogens is 204 g/mol. The lowest BCUT2D eigenvalue weighted by Crippen LogP contribution is -2.71. The summed E-state index contributed by atoms with van der Waals surface area (Å²) in [7, 11) is 2.17. The number of β-amino-alcohol motifs (C(OH)–C–C–N with tert-alkyl or cyclic N) is 1. The molecule has 0 aromatic heterocycles. The van der Waals surface area contributed by atoms with E-state index in [9.17, 15) is 0 Å². The minimum atomic E-state index is 0.0648. The van der Waals surface area contributed by atoms with E-state index >= 15 is 0 Å². The minimum absolute atomic E-state index is 0.0648. The van der Waals surface area contributed by atoms with Crippen molar-refractivity contribution in [1.82, 2.24) is 9.80 Å². The Bertz CT molecular complexity index is 217. The largest absolute Gasteiger partial charge is 0.395 e. The van der Waals surface area contributed by atoms with Gasteiger partial charge in [-0.1, -0.05) is 0 Å². The molecule has 1 aliphatic carbocycles. The summed E-state index contributed by atoms with van der Waals surface area (Å²) in [6.45, 7) is 6.11. The smallest absolute Gasteiger partial charge is 0.0558 e. The van der Waals surface area contributed by atoms with Crippen LogP contribution in [0.4, 0.5) is 0 Å². The van der Waals surface area contributed by atoms with Gasteiger partial charge in [-0.2, -0.15) is 0 Å². The van der Waals surface area contributed by atoms with Crippen LogP contribution in [0.25, 0.3) is 0 Å². The van der Waals surface area contributed by atoms with Gasteiger partial charge in [0.25, 0.3) is 0 Å². The summed E-state index contributed by atoms with van der Waals surface area (Å²) in [5.74, 6) is 0. The molecule has 2 saturated heterocycles. The maximum absolute atomic E-state index is 8.66. The Hall–Kier alpha value is -0.160. The first kappa shape index (κ1) is 12.3. The van der Waals surface area contributed by atoms with Crippen molar-refractivity contribution in [2.24, 2.45) is 5.41 Å². The Morgan fingerprint density at radius 3 is 2.06 bits per heavy atom. The van der Waals surface area contributed by atoms with Gasteiger partial charge in [0.2, 0.25) is 0 Å². The lowest BCUT2D eigenvalue weighted by molar-refractivity contribution is -0.107. The van der Waals surface area contributed by atoms with E-state index in [4.69, 9.17) is 10.2 Å². The highest BCUT2D eigenvalue weighted by Crippen LogP contribution is 2.38. The highest BCUT2D eigenvalue weighted by Gasteiger charge is 2.49. The Morgan fingerprint density at radius 1 is 1.19 bits per heavy atom. The minimum Gasteiger partial charge on any atom is -0.395 e. The first-order chi connectivity index (χ1) is 7.63. The lowest BCUT2D eigenvalue weighted by atomic mass is 9.73. The third-order valence-corrected chi connectivity index (χ3v) is 3.82. The van der Waals surface area contributed by atoms with E-state index in [2.05, 4.69) is 16.8 Å². The molecule has 0 amide bonds. The summed E-state index contributed by atoms with van der Waals surface area (Å²) < 4.78 is 0. The molecule has 4 nitrogen and oxygen atoms in total. The lowest BCUT2D eigenvalue weighted by Gasteiger charge is -2.59. The molecule has 3 rings (SSSR count). The second-order valence-corrected chi connectivity index (χ2v) is 5.69. The van der Waals surface area contributed by atoms with Crippen molar-refractivity contribution >= 4 is 0 Å². The maximum Gasteiger partial charge on any atom is 0.0558 e. The van der Waals surface area contributed by atoms with Gasteiger partial charge in [-0.3, -0.25) is 4.90 Å². The van der Waals surface area contributed by atoms with Crippen LogP contribution in [0.5, 0.6) is 0 Å². The van der Waals surface area contributed by atoms with Gasteiger partial charge in [-0.05, 0) is 26.3 Å². The summed E-state index contributed by atoms with van der Waals surface area (Å²) >= 11 is 0. The first-order valence-electron chi connectivity index (χ1n) is 6.33. The molecule has 2 heterocycles. The third-order valence-electron chi connectivity index (χ3n) is 3.82. The molecule has 1 saturated carbocycles. The van der Waals surface area contributed by atoms with Gasteiger partial charge in [0.15, 0.2) is 0 Å². The van der Waals surface area contributed by atoms with Crippen LogP contribution in [0, 0.1) is 5.41 Å². The molecule has 1 spiro atoms. The molecule has 2 aliphatic heterocycles. The van der Waals surface area contributed by atoms with Crippen LogP contribution in [-0.2, 0) is 0 Å². The predicted molar refractivity (Wildman–Crippen MR) is 63.3 cm³/mol. The van der Waals surface area contributed by atoms with E-state index in [1.807, 2.05) is 0 Å². The first-order valence-corrected chi connectivity index (χ1v) is 6.33. The SMILES string of the molecule is CN1CC2(C1)CN(CCO)C2.OC1CCC1. The van der Waals surface area contributed by atoms with Crippen molar-refractivity contribution in [3.05, 3.63) is 0 Å². The van der Waals surface area contributed by atoms with Gasteiger partial charge in [-0.25, -0.2) is 0 Å². The molecule has 16 heavy (non-hydrogen) atoms. The summed E-state index contributed by atoms with van der Waals surface area (Å²) in [4.78, 5) is 4.68. The number of rotatable bonds is 2. The molecule has 0 aromatic rings. The number of nitrogens with zero attached hydrogens (tertiary/aromatic N) is 2. The predicted octanol–water partition coefficient (Wildman–Crippen LogP) is -0.243. The molecule has 0 bridgehead atoms. The zero-order chi connectivity index (χ0) is 11.6. The fraction of sp³-hybridized carbons (Fsp3) is 1.00. The zero-order valence-electron chi connectivity index (χ0n) is 10.2. The van der Waals surface area contributed by atoms with Crippen LogP contribution in [0.1, 0.15) is 19.3 Å². The van der Waals surface area contributed by atoms with Gasteiger partial charge in [-0.15, -0.1) is 0 Å². The Kier molecular flexibility index (Phi) is 3.85. The second kappa shape index (κ2) is 5.00. The Morgan fingerprint density at radius 2 is 1.75 bits per heavy atom. The molecule has 3 fully saturated rings. The Labute approximate surface area is 97.9 Å². The van der Waals surface area contributed by atoms with Gasteiger partial charge < -0.3 is 15.1 Å². The quantitative estimate of drug-likeness (QED) is 0.685. The average Bonchev–Trinajstić information content (AvgIpc) is 2.10. The van der Waals surface area contributed by atoms with E-state index in [-0.39, 0.29) is 6.10 Å². The molecule has 0 aromatic carbocycles. The molecule has 2 N–H and O–H groups in total. The van der Waals surface area contributed by atoms with E-state index in [0.29, 0.717) is 12.0 Å². The van der Waals surface area contributed by atoms with E-state index in [1.54, 1.807) is 0 Å². The zero-order valence-corrected chi connectivity index (χ0v) is 10.2. The van der Waals surface area contributed by atoms with Crippen molar-refractivity contribution in [1.29, 1.82) is 0 Å². The van der Waals surface area contributed by atoms with Gasteiger partial charge in [0.05, 0.1) is 12.7 Å². The van der Waals surface area contributed by atoms with Gasteiger partial charge in [0.1, 0.15) is 0 Å². The van der Waals surface area contributed by atoms with Crippen molar-refractivity contribution in [2.75, 3.05) is 46.4 Å². The molecule has 3 aliphatic rings. The van der Waals surface area contributed by atoms with E-state index in [1.165, 1.54) is 32.6 Å². The van der Waals surface area contributed by atoms with Crippen LogP contribution in [0.15, 0.2) is 0 Å². The summed E-state index contributed by atoms with van der Waals surface area (Å²) in [6.07, 6.45) is 3.39. The molecular formula is C12H24N2O2. The highest BCUT2D eigenvalue weighted by atomic mass is 16.3. The second-order valence-electron chi connectivity index (χ2n) is 5.69. The average molecular weight is 228 g/mol. The van der Waals surface area contributed by atoms with E-state index in [0.717, 1.165) is 19.4 Å². The molecule has 0 atom stereocenters.